The molecule has 0 spiro atoms. The summed E-state index contributed by atoms with van der Waals surface area (Å²) in [6.45, 7) is 5.74. The zero-order valence-electron chi connectivity index (χ0n) is 18.9. The predicted molar refractivity (Wildman–Crippen MR) is 130 cm³/mol. The third-order valence-electron chi connectivity index (χ3n) is 6.17. The summed E-state index contributed by atoms with van der Waals surface area (Å²) in [5, 5.41) is 0.649. The molecule has 6 heteroatoms. The summed E-state index contributed by atoms with van der Waals surface area (Å²) in [5.74, 6) is -0.572. The number of carbonyl (C=O) groups is 2. The highest BCUT2D eigenvalue weighted by molar-refractivity contribution is 6.31. The Hall–Kier alpha value is -3.18. The van der Waals surface area contributed by atoms with Crippen LogP contribution in [0.3, 0.4) is 0 Å². The highest BCUT2D eigenvalue weighted by Gasteiger charge is 2.38. The number of hydrogen-bond acceptors (Lipinski definition) is 2. The van der Waals surface area contributed by atoms with Gasteiger partial charge in [0.2, 0.25) is 5.91 Å². The average molecular weight is 465 g/mol. The fraction of sp³-hybridized carbons (Fsp3) is 0.259. The van der Waals surface area contributed by atoms with Gasteiger partial charge in [-0.25, -0.2) is 4.39 Å². The molecule has 1 aliphatic heterocycles. The molecule has 0 saturated carbocycles. The summed E-state index contributed by atoms with van der Waals surface area (Å²) in [6.07, 6.45) is 0.921. The molecule has 4 rings (SSSR count). The Labute approximate surface area is 198 Å². The van der Waals surface area contributed by atoms with Crippen LogP contribution in [0.15, 0.2) is 66.7 Å². The normalized spacial score (nSPS) is 17.4. The second-order valence-electron chi connectivity index (χ2n) is 8.39. The van der Waals surface area contributed by atoms with Crippen molar-refractivity contribution in [2.24, 2.45) is 0 Å². The summed E-state index contributed by atoms with van der Waals surface area (Å²) in [6, 6.07) is 18.5. The number of halogens is 2. The highest BCUT2D eigenvalue weighted by atomic mass is 35.5. The Morgan fingerprint density at radius 3 is 2.45 bits per heavy atom. The van der Waals surface area contributed by atoms with Crippen LogP contribution in [-0.2, 0) is 4.79 Å². The summed E-state index contributed by atoms with van der Waals surface area (Å²) in [5.41, 5.74) is 3.77. The van der Waals surface area contributed by atoms with Crippen LogP contribution in [0.4, 0.5) is 15.8 Å². The van der Waals surface area contributed by atoms with Gasteiger partial charge in [0.05, 0.1) is 6.04 Å². The van der Waals surface area contributed by atoms with Crippen molar-refractivity contribution in [2.75, 3.05) is 9.80 Å². The van der Waals surface area contributed by atoms with Crippen LogP contribution in [0.1, 0.15) is 54.2 Å². The average Bonchev–Trinajstić information content (AvgIpc) is 2.81. The second kappa shape index (κ2) is 9.36. The topological polar surface area (TPSA) is 40.6 Å². The Bertz CT molecular complexity index is 1190. The first-order chi connectivity index (χ1) is 15.8. The van der Waals surface area contributed by atoms with Crippen LogP contribution >= 0.6 is 11.6 Å². The van der Waals surface area contributed by atoms with Gasteiger partial charge in [0.1, 0.15) is 5.82 Å². The Morgan fingerprint density at radius 2 is 1.79 bits per heavy atom. The fourth-order valence-electron chi connectivity index (χ4n) is 4.51. The van der Waals surface area contributed by atoms with Gasteiger partial charge in [-0.1, -0.05) is 36.7 Å². The van der Waals surface area contributed by atoms with Crippen molar-refractivity contribution >= 4 is 34.8 Å². The number of nitrogens with zero attached hydrogens (tertiary/aromatic N) is 2. The molecule has 0 radical (unpaired) electrons. The van der Waals surface area contributed by atoms with Crippen LogP contribution in [0, 0.1) is 12.7 Å². The highest BCUT2D eigenvalue weighted by Crippen LogP contribution is 2.43. The van der Waals surface area contributed by atoms with E-state index in [9.17, 15) is 14.0 Å². The largest absolute Gasteiger partial charge is 0.305 e. The van der Waals surface area contributed by atoms with E-state index >= 15 is 0 Å². The van der Waals surface area contributed by atoms with Crippen molar-refractivity contribution in [3.8, 4) is 0 Å². The second-order valence-corrected chi connectivity index (χ2v) is 8.80. The number of anilines is 2. The van der Waals surface area contributed by atoms with Crippen LogP contribution in [0.5, 0.6) is 0 Å². The Kier molecular flexibility index (Phi) is 6.52. The first-order valence-corrected chi connectivity index (χ1v) is 11.5. The molecule has 3 aromatic carbocycles. The van der Waals surface area contributed by atoms with E-state index < -0.39 is 0 Å². The molecule has 33 heavy (non-hydrogen) atoms. The summed E-state index contributed by atoms with van der Waals surface area (Å²) in [7, 11) is 0. The lowest BCUT2D eigenvalue weighted by molar-refractivity contribution is -0.118. The van der Waals surface area contributed by atoms with E-state index in [4.69, 9.17) is 11.6 Å². The zero-order chi connectivity index (χ0) is 23.7. The van der Waals surface area contributed by atoms with Crippen molar-refractivity contribution < 1.29 is 14.0 Å². The van der Waals surface area contributed by atoms with Crippen molar-refractivity contribution in [3.63, 3.8) is 0 Å². The lowest BCUT2D eigenvalue weighted by Crippen LogP contribution is -2.47. The first kappa shape index (κ1) is 23.0. The zero-order valence-corrected chi connectivity index (χ0v) is 19.6. The third kappa shape index (κ3) is 4.38. The minimum absolute atomic E-state index is 0.00189. The molecule has 0 aliphatic carbocycles. The van der Waals surface area contributed by atoms with Gasteiger partial charge in [0, 0.05) is 34.4 Å². The molecule has 3 aromatic rings. The van der Waals surface area contributed by atoms with Crippen molar-refractivity contribution in [1.29, 1.82) is 0 Å². The molecular formula is C27H26ClFN2O2. The third-order valence-corrected chi connectivity index (χ3v) is 6.60. The summed E-state index contributed by atoms with van der Waals surface area (Å²) >= 11 is 6.24. The maximum absolute atomic E-state index is 13.4. The van der Waals surface area contributed by atoms with Gasteiger partial charge < -0.3 is 9.80 Å². The van der Waals surface area contributed by atoms with Crippen molar-refractivity contribution in [1.82, 2.24) is 0 Å². The van der Waals surface area contributed by atoms with E-state index in [0.717, 1.165) is 22.5 Å². The molecule has 1 aliphatic rings. The van der Waals surface area contributed by atoms with Crippen LogP contribution in [0.25, 0.3) is 0 Å². The number of carbonyl (C=O) groups excluding carboxylic acids is 2. The molecule has 0 unspecified atom stereocenters. The number of rotatable bonds is 4. The monoisotopic (exact) mass is 464 g/mol. The molecule has 0 saturated heterocycles. The molecule has 0 bridgehead atoms. The van der Waals surface area contributed by atoms with Crippen molar-refractivity contribution in [3.05, 3.63) is 94.3 Å². The maximum atomic E-state index is 13.4. The molecule has 2 amide bonds. The van der Waals surface area contributed by atoms with E-state index in [1.54, 1.807) is 4.90 Å². The van der Waals surface area contributed by atoms with Gasteiger partial charge in [-0.15, -0.1) is 0 Å². The molecule has 0 aromatic heterocycles. The number of aryl methyl sites for hydroxylation is 1. The van der Waals surface area contributed by atoms with E-state index in [1.807, 2.05) is 68.1 Å². The van der Waals surface area contributed by atoms with Gasteiger partial charge in [-0.2, -0.15) is 0 Å². The quantitative estimate of drug-likeness (QED) is 0.430. The van der Waals surface area contributed by atoms with Crippen LogP contribution in [-0.4, -0.2) is 17.9 Å². The number of fused-ring (bicyclic) bond motifs is 1. The molecule has 0 N–H and O–H groups in total. The first-order valence-electron chi connectivity index (χ1n) is 11.1. The fourth-order valence-corrected chi connectivity index (χ4v) is 4.63. The molecule has 0 fully saturated rings. The molecular weight excluding hydrogens is 439 g/mol. The van der Waals surface area contributed by atoms with E-state index in [-0.39, 0.29) is 29.7 Å². The van der Waals surface area contributed by atoms with Gasteiger partial charge >= 0.3 is 0 Å². The molecule has 4 nitrogen and oxygen atoms in total. The van der Waals surface area contributed by atoms with E-state index in [0.29, 0.717) is 23.4 Å². The van der Waals surface area contributed by atoms with Gasteiger partial charge in [-0.3, -0.25) is 9.59 Å². The Morgan fingerprint density at radius 1 is 1.09 bits per heavy atom. The molecule has 170 valence electrons. The number of amides is 2. The lowest BCUT2D eigenvalue weighted by Gasteiger charge is -2.43. The number of hydrogen-bond donors (Lipinski definition) is 0. The number of para-hydroxylation sites is 1. The van der Waals surface area contributed by atoms with Crippen LogP contribution < -0.4 is 9.80 Å². The van der Waals surface area contributed by atoms with Gasteiger partial charge in [-0.05, 0) is 79.9 Å². The molecule has 2 atom stereocenters. The standard InChI is InChI=1S/C27H26ClFN2O2/c1-4-26(32)31(21-13-14-23(28)17(2)15-21)25-16-18(3)30(24-8-6-5-7-22(24)25)27(33)19-9-11-20(29)12-10-19/h5-15,18,25H,4,16H2,1-3H3/t18-,25+/m1/s1. The Balaban J connectivity index is 1.80. The smallest absolute Gasteiger partial charge is 0.258 e. The predicted octanol–water partition coefficient (Wildman–Crippen LogP) is 6.71. The summed E-state index contributed by atoms with van der Waals surface area (Å²) < 4.78 is 13.4. The number of benzene rings is 3. The van der Waals surface area contributed by atoms with E-state index in [1.165, 1.54) is 24.3 Å². The SMILES string of the molecule is CCC(=O)N(c1ccc(Cl)c(C)c1)[C@H]1C[C@@H](C)N(C(=O)c2ccc(F)cc2)c2ccccc21. The minimum Gasteiger partial charge on any atom is -0.305 e. The van der Waals surface area contributed by atoms with Gasteiger partial charge in [0.25, 0.3) is 5.91 Å². The molecule has 1 heterocycles. The lowest BCUT2D eigenvalue weighted by atomic mass is 9.89. The van der Waals surface area contributed by atoms with Crippen molar-refractivity contribution in [2.45, 2.75) is 45.7 Å². The van der Waals surface area contributed by atoms with Gasteiger partial charge in [0.15, 0.2) is 0 Å². The van der Waals surface area contributed by atoms with Crippen LogP contribution in [0.2, 0.25) is 5.02 Å². The van der Waals surface area contributed by atoms with E-state index in [2.05, 4.69) is 0 Å². The minimum atomic E-state index is -0.384. The maximum Gasteiger partial charge on any atom is 0.258 e. The summed E-state index contributed by atoms with van der Waals surface area (Å²) in [4.78, 5) is 30.2.